The molecular formula is C21H19N4O2+. The first-order valence-electron chi connectivity index (χ1n) is 8.83. The predicted molar refractivity (Wildman–Crippen MR) is 104 cm³/mol. The van der Waals surface area contributed by atoms with E-state index in [9.17, 15) is 4.79 Å². The second kappa shape index (κ2) is 5.37. The highest BCUT2D eigenvalue weighted by atomic mass is 16.5. The molecule has 27 heavy (non-hydrogen) atoms. The highest BCUT2D eigenvalue weighted by Gasteiger charge is 2.51. The lowest BCUT2D eigenvalue weighted by molar-refractivity contribution is 0.0873. The van der Waals surface area contributed by atoms with Crippen molar-refractivity contribution in [2.24, 2.45) is 4.99 Å². The number of ether oxygens (including phenoxy) is 1. The number of aromatic nitrogens is 2. The van der Waals surface area contributed by atoms with Crippen molar-refractivity contribution in [1.82, 2.24) is 14.0 Å². The van der Waals surface area contributed by atoms with Crippen LogP contribution in [0.15, 0.2) is 53.9 Å². The quantitative estimate of drug-likeness (QED) is 0.657. The van der Waals surface area contributed by atoms with Gasteiger partial charge in [0.15, 0.2) is 5.69 Å². The number of rotatable bonds is 2. The van der Waals surface area contributed by atoms with Gasteiger partial charge in [-0.2, -0.15) is 9.48 Å². The standard InChI is InChI=1S/C21H19N4O2/c1-13-6-7-24(12-13)19-10-18-14(11-22-19)8-20-23-17-5-4-15(27-3)9-16(17)21(26)25(18,20)2/h4-7,9-12H,8H2,1-3H3/q+1. The smallest absolute Gasteiger partial charge is 0.359 e. The number of quaternary nitrogens is 1. The molecule has 134 valence electrons. The third-order valence-electron chi connectivity index (χ3n) is 5.49. The highest BCUT2D eigenvalue weighted by Crippen LogP contribution is 2.43. The molecule has 6 nitrogen and oxygen atoms in total. The number of methoxy groups -OCH3 is 1. The first-order chi connectivity index (χ1) is 13.0. The van der Waals surface area contributed by atoms with Gasteiger partial charge in [-0.25, -0.2) is 9.78 Å². The number of pyridine rings is 1. The highest BCUT2D eigenvalue weighted by molar-refractivity contribution is 6.24. The molecule has 3 aromatic rings. The van der Waals surface area contributed by atoms with Crippen molar-refractivity contribution in [2.45, 2.75) is 13.3 Å². The van der Waals surface area contributed by atoms with Crippen LogP contribution in [0.2, 0.25) is 0 Å². The van der Waals surface area contributed by atoms with Gasteiger partial charge >= 0.3 is 5.91 Å². The van der Waals surface area contributed by atoms with Gasteiger partial charge in [0.25, 0.3) is 0 Å². The lowest BCUT2D eigenvalue weighted by Crippen LogP contribution is -2.54. The van der Waals surface area contributed by atoms with Crippen molar-refractivity contribution in [2.75, 3.05) is 14.2 Å². The molecule has 0 radical (unpaired) electrons. The zero-order chi connectivity index (χ0) is 18.8. The predicted octanol–water partition coefficient (Wildman–Crippen LogP) is 3.57. The molecule has 2 aromatic heterocycles. The van der Waals surface area contributed by atoms with Gasteiger partial charge in [-0.05, 0) is 36.8 Å². The zero-order valence-electron chi connectivity index (χ0n) is 15.4. The number of aryl methyl sites for hydroxylation is 1. The van der Waals surface area contributed by atoms with Gasteiger partial charge < -0.3 is 9.30 Å². The van der Waals surface area contributed by atoms with Gasteiger partial charge in [0.1, 0.15) is 17.1 Å². The summed E-state index contributed by atoms with van der Waals surface area (Å²) in [6.07, 6.45) is 6.49. The number of benzene rings is 1. The largest absolute Gasteiger partial charge is 0.497 e. The second-order valence-corrected chi connectivity index (χ2v) is 7.17. The molecule has 4 heterocycles. The fourth-order valence-electron chi connectivity index (χ4n) is 3.93. The normalized spacial score (nSPS) is 20.0. The maximum absolute atomic E-state index is 13.5. The first-order valence-corrected chi connectivity index (χ1v) is 8.83. The van der Waals surface area contributed by atoms with Gasteiger partial charge in [0, 0.05) is 30.2 Å². The Kier molecular flexibility index (Phi) is 3.18. The third kappa shape index (κ3) is 2.13. The van der Waals surface area contributed by atoms with Crippen molar-refractivity contribution in [3.05, 3.63) is 65.6 Å². The zero-order valence-corrected chi connectivity index (χ0v) is 15.4. The molecule has 1 unspecified atom stereocenters. The molecule has 2 aliphatic heterocycles. The maximum Gasteiger partial charge on any atom is 0.359 e. The summed E-state index contributed by atoms with van der Waals surface area (Å²) in [5, 5.41) is 0. The second-order valence-electron chi connectivity index (χ2n) is 7.17. The summed E-state index contributed by atoms with van der Waals surface area (Å²) >= 11 is 0. The van der Waals surface area contributed by atoms with E-state index >= 15 is 0 Å². The van der Waals surface area contributed by atoms with E-state index in [0.29, 0.717) is 23.4 Å². The molecule has 5 rings (SSSR count). The van der Waals surface area contributed by atoms with Gasteiger partial charge in [-0.15, -0.1) is 0 Å². The summed E-state index contributed by atoms with van der Waals surface area (Å²) in [7, 11) is 3.52. The van der Waals surface area contributed by atoms with Crippen molar-refractivity contribution < 1.29 is 9.53 Å². The van der Waals surface area contributed by atoms with E-state index in [4.69, 9.17) is 9.73 Å². The van der Waals surface area contributed by atoms with Crippen LogP contribution in [0.4, 0.5) is 11.4 Å². The van der Waals surface area contributed by atoms with Crippen LogP contribution in [0, 0.1) is 6.92 Å². The summed E-state index contributed by atoms with van der Waals surface area (Å²) in [5.74, 6) is 2.29. The Labute approximate surface area is 157 Å². The van der Waals surface area contributed by atoms with Crippen LogP contribution in [-0.2, 0) is 6.42 Å². The number of nitrogens with zero attached hydrogens (tertiary/aromatic N) is 4. The van der Waals surface area contributed by atoms with Crippen LogP contribution in [0.1, 0.15) is 21.5 Å². The number of carbonyl (C=O) groups is 1. The minimum atomic E-state index is 0.00786. The van der Waals surface area contributed by atoms with Gasteiger partial charge in [0.2, 0.25) is 5.84 Å². The van der Waals surface area contributed by atoms with E-state index in [1.165, 1.54) is 0 Å². The van der Waals surface area contributed by atoms with Crippen LogP contribution in [0.25, 0.3) is 5.82 Å². The van der Waals surface area contributed by atoms with Crippen LogP contribution in [0.3, 0.4) is 0 Å². The van der Waals surface area contributed by atoms with Crippen molar-refractivity contribution >= 4 is 23.1 Å². The monoisotopic (exact) mass is 359 g/mol. The average Bonchev–Trinajstić information content (AvgIpc) is 3.23. The first kappa shape index (κ1) is 16.0. The van der Waals surface area contributed by atoms with Crippen LogP contribution >= 0.6 is 0 Å². The third-order valence-corrected chi connectivity index (χ3v) is 5.49. The Bertz CT molecular complexity index is 1140. The van der Waals surface area contributed by atoms with E-state index in [1.807, 2.05) is 61.4 Å². The molecule has 0 aliphatic carbocycles. The Morgan fingerprint density at radius 2 is 2.07 bits per heavy atom. The fourth-order valence-corrected chi connectivity index (χ4v) is 3.93. The molecule has 2 aliphatic rings. The molecule has 1 atom stereocenters. The molecule has 0 saturated carbocycles. The number of likely N-dealkylation sites (N-methyl/N-ethyl adjacent to an activating group) is 1. The summed E-state index contributed by atoms with van der Waals surface area (Å²) in [4.78, 5) is 22.9. The number of carbonyl (C=O) groups excluding carboxylic acids is 1. The Morgan fingerprint density at radius 1 is 1.22 bits per heavy atom. The van der Waals surface area contributed by atoms with E-state index in [-0.39, 0.29) is 10.4 Å². The van der Waals surface area contributed by atoms with Gasteiger partial charge in [-0.1, -0.05) is 0 Å². The average molecular weight is 359 g/mol. The Hall–Kier alpha value is -3.25. The minimum absolute atomic E-state index is 0.00786. The molecular weight excluding hydrogens is 340 g/mol. The summed E-state index contributed by atoms with van der Waals surface area (Å²) < 4.78 is 7.34. The van der Waals surface area contributed by atoms with Crippen LogP contribution in [0.5, 0.6) is 5.75 Å². The van der Waals surface area contributed by atoms with Crippen LogP contribution < -0.4 is 9.22 Å². The minimum Gasteiger partial charge on any atom is -0.497 e. The van der Waals surface area contributed by atoms with Crippen LogP contribution in [-0.4, -0.2) is 35.5 Å². The summed E-state index contributed by atoms with van der Waals surface area (Å²) in [5.41, 5.74) is 4.42. The van der Waals surface area contributed by atoms with Crippen molar-refractivity contribution in [3.8, 4) is 11.6 Å². The molecule has 1 aromatic carbocycles. The maximum atomic E-state index is 13.5. The molecule has 0 saturated heterocycles. The number of hydrogen-bond donors (Lipinski definition) is 0. The summed E-state index contributed by atoms with van der Waals surface area (Å²) in [6, 6.07) is 9.49. The van der Waals surface area contributed by atoms with Crippen molar-refractivity contribution in [3.63, 3.8) is 0 Å². The number of amidine groups is 1. The topological polar surface area (TPSA) is 56.5 Å². The molecule has 0 N–H and O–H groups in total. The number of hydrogen-bond acceptors (Lipinski definition) is 4. The van der Waals surface area contributed by atoms with Gasteiger partial charge in [0.05, 0.1) is 26.3 Å². The Morgan fingerprint density at radius 3 is 2.81 bits per heavy atom. The van der Waals surface area contributed by atoms with E-state index < -0.39 is 0 Å². The Balaban J connectivity index is 1.68. The van der Waals surface area contributed by atoms with E-state index in [0.717, 1.165) is 28.5 Å². The fraction of sp³-hybridized carbons (Fsp3) is 0.190. The lowest BCUT2D eigenvalue weighted by atomic mass is 10.1. The van der Waals surface area contributed by atoms with Crippen molar-refractivity contribution in [1.29, 1.82) is 0 Å². The van der Waals surface area contributed by atoms with E-state index in [1.54, 1.807) is 13.2 Å². The molecule has 6 heteroatoms. The number of aliphatic imine (C=N–C) groups is 1. The lowest BCUT2D eigenvalue weighted by Gasteiger charge is -2.30. The molecule has 0 fully saturated rings. The van der Waals surface area contributed by atoms with E-state index in [2.05, 4.69) is 4.98 Å². The molecule has 0 bridgehead atoms. The number of fused-ring (bicyclic) bond motifs is 4. The van der Waals surface area contributed by atoms with Gasteiger partial charge in [-0.3, -0.25) is 0 Å². The molecule has 0 spiro atoms. The SMILES string of the molecule is COc1ccc2c(c1)C(=O)[N+]1(C)C(=N2)Cc2cnc(-n3ccc(C)c3)cc21. The molecule has 1 amide bonds. The summed E-state index contributed by atoms with van der Waals surface area (Å²) in [6.45, 7) is 2.04. The number of amides is 1.